The average molecular weight is 503 g/mol. The van der Waals surface area contributed by atoms with Crippen molar-refractivity contribution in [1.29, 1.82) is 0 Å². The second-order valence-electron chi connectivity index (χ2n) is 9.35. The molecule has 2 heterocycles. The molecule has 4 rings (SSSR count). The second kappa shape index (κ2) is 9.01. The number of fused-ring (bicyclic) bond motifs is 1. The molecule has 0 aliphatic carbocycles. The van der Waals surface area contributed by atoms with Crippen molar-refractivity contribution in [2.75, 3.05) is 7.05 Å². The second-order valence-corrected chi connectivity index (χ2v) is 11.2. The summed E-state index contributed by atoms with van der Waals surface area (Å²) >= 11 is 13.9. The van der Waals surface area contributed by atoms with Gasteiger partial charge in [-0.3, -0.25) is 4.79 Å². The minimum absolute atomic E-state index is 0.0406. The summed E-state index contributed by atoms with van der Waals surface area (Å²) in [6, 6.07) is 15.8. The molecule has 174 valence electrons. The molecule has 4 nitrogen and oxygen atoms in total. The van der Waals surface area contributed by atoms with Crippen LogP contribution in [0, 0.1) is 5.92 Å². The Bertz CT molecular complexity index is 1130. The smallest absolute Gasteiger partial charge is 0.262 e. The highest BCUT2D eigenvalue weighted by Crippen LogP contribution is 2.56. The molecule has 1 amide bonds. The van der Waals surface area contributed by atoms with E-state index in [9.17, 15) is 4.79 Å². The summed E-state index contributed by atoms with van der Waals surface area (Å²) in [4.78, 5) is 23.5. The molecule has 0 aromatic heterocycles. The van der Waals surface area contributed by atoms with E-state index in [2.05, 4.69) is 37.8 Å². The normalized spacial score (nSPS) is 22.3. The maximum absolute atomic E-state index is 13.4. The first-order chi connectivity index (χ1) is 15.5. The van der Waals surface area contributed by atoms with Crippen molar-refractivity contribution >= 4 is 46.0 Å². The molecule has 0 spiro atoms. The van der Waals surface area contributed by atoms with E-state index in [-0.39, 0.29) is 23.9 Å². The number of thioether (sulfide) groups is 1. The number of amidine groups is 1. The Morgan fingerprint density at radius 3 is 2.09 bits per heavy atom. The molecule has 7 heteroatoms. The molecule has 0 fully saturated rings. The molecule has 0 N–H and O–H groups in total. The fourth-order valence-corrected chi connectivity index (χ4v) is 6.10. The van der Waals surface area contributed by atoms with Gasteiger partial charge in [0.2, 0.25) is 0 Å². The van der Waals surface area contributed by atoms with E-state index < -0.39 is 5.54 Å². The molecule has 2 aromatic rings. The van der Waals surface area contributed by atoms with Crippen LogP contribution in [0.5, 0.6) is 0 Å². The SMILES string of the molecule is CC(C)C1=C(C(=O)N(C)C(C)C)SC2=N[C@@](C)(c3ccc(Cl)cc3)[C@@H](c3ccc(Cl)cc3)N21. The predicted octanol–water partition coefficient (Wildman–Crippen LogP) is 7.10. The van der Waals surface area contributed by atoms with Crippen LogP contribution in [0.1, 0.15) is 51.8 Å². The highest BCUT2D eigenvalue weighted by atomic mass is 35.5. The molecule has 0 bridgehead atoms. The zero-order chi connectivity index (χ0) is 24.1. The Morgan fingerprint density at radius 1 is 1.03 bits per heavy atom. The molecule has 2 atom stereocenters. The number of aliphatic imine (C=N–C) groups is 1. The topological polar surface area (TPSA) is 35.9 Å². The van der Waals surface area contributed by atoms with Gasteiger partial charge < -0.3 is 9.80 Å². The molecule has 0 unspecified atom stereocenters. The van der Waals surface area contributed by atoms with Crippen LogP contribution >= 0.6 is 35.0 Å². The maximum atomic E-state index is 13.4. The molecular formula is C26H29Cl2N3OS. The summed E-state index contributed by atoms with van der Waals surface area (Å²) < 4.78 is 0. The Labute approximate surface area is 210 Å². The van der Waals surface area contributed by atoms with Crippen molar-refractivity contribution < 1.29 is 4.79 Å². The van der Waals surface area contributed by atoms with Crippen LogP contribution in [0.4, 0.5) is 0 Å². The highest BCUT2D eigenvalue weighted by molar-refractivity contribution is 8.18. The number of allylic oxidation sites excluding steroid dienone is 1. The Balaban J connectivity index is 1.89. The lowest BCUT2D eigenvalue weighted by atomic mass is 9.81. The standard InChI is InChI=1S/C26H29Cl2N3OS/c1-15(2)21-22(24(32)30(6)16(3)4)33-25-29-26(5,18-9-13-20(28)14-10-18)23(31(21)25)17-7-11-19(27)12-8-17/h7-16,23H,1-6H3/t23-,26+/m1/s1. The predicted molar refractivity (Wildman–Crippen MR) is 140 cm³/mol. The third-order valence-corrected chi connectivity index (χ3v) is 8.02. The molecule has 2 aliphatic rings. The van der Waals surface area contributed by atoms with E-state index in [0.717, 1.165) is 26.9 Å². The van der Waals surface area contributed by atoms with Gasteiger partial charge in [-0.25, -0.2) is 4.99 Å². The molecule has 2 aromatic carbocycles. The number of halogens is 2. The first-order valence-corrected chi connectivity index (χ1v) is 12.7. The number of rotatable bonds is 5. The molecule has 33 heavy (non-hydrogen) atoms. The van der Waals surface area contributed by atoms with E-state index in [1.165, 1.54) is 11.8 Å². The molecule has 0 saturated heterocycles. The van der Waals surface area contributed by atoms with Gasteiger partial charge in [-0.2, -0.15) is 0 Å². The monoisotopic (exact) mass is 501 g/mol. The number of amides is 1. The summed E-state index contributed by atoms with van der Waals surface area (Å²) in [5, 5.41) is 2.24. The van der Waals surface area contributed by atoms with Crippen molar-refractivity contribution in [2.45, 2.75) is 52.2 Å². The molecule has 0 radical (unpaired) electrons. The average Bonchev–Trinajstić information content (AvgIpc) is 3.26. The summed E-state index contributed by atoms with van der Waals surface area (Å²) in [6.45, 7) is 10.5. The van der Waals surface area contributed by atoms with E-state index in [4.69, 9.17) is 28.2 Å². The van der Waals surface area contributed by atoms with Crippen molar-refractivity contribution in [1.82, 2.24) is 9.80 Å². The summed E-state index contributed by atoms with van der Waals surface area (Å²) in [5.41, 5.74) is 2.64. The molecule has 2 aliphatic heterocycles. The summed E-state index contributed by atoms with van der Waals surface area (Å²) in [7, 11) is 1.86. The van der Waals surface area contributed by atoms with Crippen LogP contribution in [0.15, 0.2) is 64.1 Å². The fourth-order valence-electron chi connectivity index (χ4n) is 4.46. The lowest BCUT2D eigenvalue weighted by Gasteiger charge is -2.37. The van der Waals surface area contributed by atoms with E-state index in [1.807, 2.05) is 57.3 Å². The van der Waals surface area contributed by atoms with Gasteiger partial charge in [0, 0.05) is 28.8 Å². The number of nitrogens with zero attached hydrogens (tertiary/aromatic N) is 3. The van der Waals surface area contributed by atoms with Crippen molar-refractivity contribution in [3.05, 3.63) is 80.3 Å². The van der Waals surface area contributed by atoms with Gasteiger partial charge in [0.15, 0.2) is 5.17 Å². The minimum atomic E-state index is -0.556. The lowest BCUT2D eigenvalue weighted by molar-refractivity contribution is -0.126. The third-order valence-electron chi connectivity index (χ3n) is 6.46. The van der Waals surface area contributed by atoms with Crippen molar-refractivity contribution in [3.8, 4) is 0 Å². The van der Waals surface area contributed by atoms with Crippen molar-refractivity contribution in [3.63, 3.8) is 0 Å². The number of carbonyl (C=O) groups excluding carboxylic acids is 1. The largest absolute Gasteiger partial charge is 0.339 e. The van der Waals surface area contributed by atoms with Gasteiger partial charge in [-0.1, -0.05) is 61.3 Å². The van der Waals surface area contributed by atoms with Crippen LogP contribution in [0.25, 0.3) is 0 Å². The Morgan fingerprint density at radius 2 is 1.58 bits per heavy atom. The first-order valence-electron chi connectivity index (χ1n) is 11.1. The van der Waals surface area contributed by atoms with Gasteiger partial charge in [-0.05, 0) is 73.8 Å². The van der Waals surface area contributed by atoms with E-state index in [0.29, 0.717) is 10.0 Å². The highest BCUT2D eigenvalue weighted by Gasteiger charge is 2.53. The van der Waals surface area contributed by atoms with Crippen LogP contribution in [0.3, 0.4) is 0 Å². The third kappa shape index (κ3) is 4.20. The van der Waals surface area contributed by atoms with Crippen LogP contribution < -0.4 is 0 Å². The molecular weight excluding hydrogens is 473 g/mol. The van der Waals surface area contributed by atoms with Crippen LogP contribution in [0.2, 0.25) is 10.0 Å². The minimum Gasteiger partial charge on any atom is -0.339 e. The zero-order valence-corrected chi connectivity index (χ0v) is 22.1. The van der Waals surface area contributed by atoms with Gasteiger partial charge in [0.1, 0.15) is 10.4 Å². The van der Waals surface area contributed by atoms with E-state index >= 15 is 0 Å². The van der Waals surface area contributed by atoms with Crippen LogP contribution in [-0.4, -0.2) is 34.0 Å². The van der Waals surface area contributed by atoms with Crippen LogP contribution in [-0.2, 0) is 10.3 Å². The zero-order valence-electron chi connectivity index (χ0n) is 19.8. The maximum Gasteiger partial charge on any atom is 0.262 e. The van der Waals surface area contributed by atoms with Gasteiger partial charge in [-0.15, -0.1) is 0 Å². The summed E-state index contributed by atoms with van der Waals surface area (Å²) in [6.07, 6.45) is 0. The van der Waals surface area contributed by atoms with E-state index in [1.54, 1.807) is 4.90 Å². The van der Waals surface area contributed by atoms with Crippen molar-refractivity contribution in [2.24, 2.45) is 10.9 Å². The number of likely N-dealkylation sites (N-methyl/N-ethyl adjacent to an activating group) is 1. The van der Waals surface area contributed by atoms with Gasteiger partial charge in [0.05, 0.1) is 6.04 Å². The quantitative estimate of drug-likeness (QED) is 0.438. The number of hydrogen-bond acceptors (Lipinski definition) is 4. The Kier molecular flexibility index (Phi) is 6.60. The van der Waals surface area contributed by atoms with Gasteiger partial charge in [0.25, 0.3) is 5.91 Å². The number of carbonyl (C=O) groups is 1. The summed E-state index contributed by atoms with van der Waals surface area (Å²) in [5.74, 6) is 0.186. The first kappa shape index (κ1) is 24.2. The Hall–Kier alpha value is -1.95. The number of benzene rings is 2. The lowest BCUT2D eigenvalue weighted by Crippen LogP contribution is -2.37. The number of hydrogen-bond donors (Lipinski definition) is 0. The fraction of sp³-hybridized carbons (Fsp3) is 0.385. The van der Waals surface area contributed by atoms with Gasteiger partial charge >= 0.3 is 0 Å². The molecule has 0 saturated carbocycles.